The summed E-state index contributed by atoms with van der Waals surface area (Å²) < 4.78 is 5.80. The fraction of sp³-hybridized carbons (Fsp3) is 0.407. The second kappa shape index (κ2) is 9.60. The van der Waals surface area contributed by atoms with Crippen molar-refractivity contribution < 1.29 is 14.3 Å². The van der Waals surface area contributed by atoms with Crippen LogP contribution >= 0.6 is 0 Å². The van der Waals surface area contributed by atoms with Crippen LogP contribution in [0.25, 0.3) is 5.57 Å². The van der Waals surface area contributed by atoms with Gasteiger partial charge in [0.05, 0.1) is 18.7 Å². The molecule has 0 saturated carbocycles. The molecule has 0 aromatic heterocycles. The van der Waals surface area contributed by atoms with Crippen LogP contribution in [-0.2, 0) is 16.1 Å². The van der Waals surface area contributed by atoms with Gasteiger partial charge in [0.25, 0.3) is 11.8 Å². The van der Waals surface area contributed by atoms with Gasteiger partial charge in [-0.1, -0.05) is 63.2 Å². The molecule has 5 nitrogen and oxygen atoms in total. The Balaban J connectivity index is 1.67. The van der Waals surface area contributed by atoms with E-state index >= 15 is 0 Å². The average Bonchev–Trinajstić information content (AvgIpc) is 3.03. The van der Waals surface area contributed by atoms with Crippen LogP contribution in [0.15, 0.2) is 60.3 Å². The molecule has 0 bridgehead atoms. The minimum atomic E-state index is -0.220. The molecule has 2 amide bonds. The quantitative estimate of drug-likeness (QED) is 0.594. The number of carbonyl (C=O) groups is 2. The first kappa shape index (κ1) is 22.1. The SMILES string of the molecule is CC(C)COc1ccc(C2=C(N3CCCC(C)C3)C(=O)N(Cc3ccccc3)C2=O)cc1. The molecule has 5 heteroatoms. The molecule has 2 aliphatic rings. The molecule has 0 aliphatic carbocycles. The molecule has 1 unspecified atom stereocenters. The topological polar surface area (TPSA) is 49.9 Å². The van der Waals surface area contributed by atoms with Crippen molar-refractivity contribution in [2.75, 3.05) is 19.7 Å². The van der Waals surface area contributed by atoms with Crippen LogP contribution in [0.4, 0.5) is 0 Å². The van der Waals surface area contributed by atoms with Gasteiger partial charge < -0.3 is 9.64 Å². The van der Waals surface area contributed by atoms with E-state index < -0.39 is 0 Å². The van der Waals surface area contributed by atoms with Crippen molar-refractivity contribution in [1.82, 2.24) is 9.80 Å². The predicted molar refractivity (Wildman–Crippen MR) is 126 cm³/mol. The average molecular weight is 433 g/mol. The Labute approximate surface area is 190 Å². The highest BCUT2D eigenvalue weighted by molar-refractivity contribution is 6.35. The smallest absolute Gasteiger partial charge is 0.278 e. The molecule has 168 valence electrons. The standard InChI is InChI=1S/C27H32N2O3/c1-19(2)18-32-23-13-11-22(12-14-23)24-25(28-15-7-8-20(3)16-28)27(31)29(26(24)30)17-21-9-5-4-6-10-21/h4-6,9-14,19-20H,7-8,15-18H2,1-3H3. The summed E-state index contributed by atoms with van der Waals surface area (Å²) in [6.07, 6.45) is 2.18. The third kappa shape index (κ3) is 4.72. The number of hydrogen-bond donors (Lipinski definition) is 0. The van der Waals surface area contributed by atoms with Gasteiger partial charge in [0, 0.05) is 13.1 Å². The van der Waals surface area contributed by atoms with Gasteiger partial charge in [-0.2, -0.15) is 0 Å². The molecular weight excluding hydrogens is 400 g/mol. The number of nitrogens with zero attached hydrogens (tertiary/aromatic N) is 2. The summed E-state index contributed by atoms with van der Waals surface area (Å²) in [4.78, 5) is 30.6. The molecule has 0 spiro atoms. The Bertz CT molecular complexity index is 995. The summed E-state index contributed by atoms with van der Waals surface area (Å²) in [6.45, 7) is 8.94. The second-order valence-corrected chi connectivity index (χ2v) is 9.33. The van der Waals surface area contributed by atoms with Gasteiger partial charge in [-0.15, -0.1) is 0 Å². The van der Waals surface area contributed by atoms with Crippen LogP contribution in [0.2, 0.25) is 0 Å². The first-order chi connectivity index (χ1) is 15.4. The first-order valence-corrected chi connectivity index (χ1v) is 11.6. The molecule has 0 N–H and O–H groups in total. The van der Waals surface area contributed by atoms with Crippen LogP contribution in [0.3, 0.4) is 0 Å². The number of likely N-dealkylation sites (tertiary alicyclic amines) is 1. The zero-order valence-electron chi connectivity index (χ0n) is 19.2. The number of rotatable bonds is 7. The van der Waals surface area contributed by atoms with E-state index in [1.807, 2.05) is 54.6 Å². The van der Waals surface area contributed by atoms with Crippen LogP contribution in [0.1, 0.15) is 44.7 Å². The molecule has 2 aromatic rings. The summed E-state index contributed by atoms with van der Waals surface area (Å²) in [5, 5.41) is 0. The fourth-order valence-corrected chi connectivity index (χ4v) is 4.40. The maximum absolute atomic E-state index is 13.5. The van der Waals surface area contributed by atoms with Crippen molar-refractivity contribution in [2.24, 2.45) is 11.8 Å². The van der Waals surface area contributed by atoms with Gasteiger partial charge in [0.15, 0.2) is 0 Å². The molecule has 2 aliphatic heterocycles. The number of amides is 2. The van der Waals surface area contributed by atoms with Crippen molar-refractivity contribution in [3.8, 4) is 5.75 Å². The van der Waals surface area contributed by atoms with Crippen LogP contribution in [-0.4, -0.2) is 41.3 Å². The zero-order chi connectivity index (χ0) is 22.7. The van der Waals surface area contributed by atoms with E-state index in [2.05, 4.69) is 25.7 Å². The largest absolute Gasteiger partial charge is 0.493 e. The summed E-state index contributed by atoms with van der Waals surface area (Å²) in [5.74, 6) is 1.29. The Morgan fingerprint density at radius 1 is 1.00 bits per heavy atom. The Morgan fingerprint density at radius 3 is 2.38 bits per heavy atom. The van der Waals surface area contributed by atoms with E-state index in [0.29, 0.717) is 29.7 Å². The number of benzene rings is 2. The first-order valence-electron chi connectivity index (χ1n) is 11.6. The van der Waals surface area contributed by atoms with E-state index in [-0.39, 0.29) is 18.4 Å². The minimum absolute atomic E-state index is 0.192. The summed E-state index contributed by atoms with van der Waals surface area (Å²) in [7, 11) is 0. The lowest BCUT2D eigenvalue weighted by Gasteiger charge is -2.33. The van der Waals surface area contributed by atoms with E-state index in [1.165, 1.54) is 4.90 Å². The van der Waals surface area contributed by atoms with Gasteiger partial charge >= 0.3 is 0 Å². The molecule has 1 atom stereocenters. The molecular formula is C27H32N2O3. The van der Waals surface area contributed by atoms with Gasteiger partial charge in [0.2, 0.25) is 0 Å². The molecule has 1 saturated heterocycles. The highest BCUT2D eigenvalue weighted by Gasteiger charge is 2.42. The summed E-state index contributed by atoms with van der Waals surface area (Å²) >= 11 is 0. The van der Waals surface area contributed by atoms with E-state index in [9.17, 15) is 9.59 Å². The van der Waals surface area contributed by atoms with E-state index in [1.54, 1.807) is 0 Å². The normalized spacial score (nSPS) is 19.3. The molecule has 32 heavy (non-hydrogen) atoms. The minimum Gasteiger partial charge on any atom is -0.493 e. The monoisotopic (exact) mass is 432 g/mol. The molecule has 4 rings (SSSR count). The Kier molecular flexibility index (Phi) is 6.63. The summed E-state index contributed by atoms with van der Waals surface area (Å²) in [5.41, 5.74) is 2.77. The summed E-state index contributed by atoms with van der Waals surface area (Å²) in [6, 6.07) is 17.3. The van der Waals surface area contributed by atoms with Gasteiger partial charge in [-0.05, 0) is 47.9 Å². The van der Waals surface area contributed by atoms with Crippen molar-refractivity contribution >= 4 is 17.4 Å². The van der Waals surface area contributed by atoms with Crippen LogP contribution < -0.4 is 4.74 Å². The van der Waals surface area contributed by atoms with Crippen molar-refractivity contribution in [3.63, 3.8) is 0 Å². The molecule has 1 fully saturated rings. The highest BCUT2D eigenvalue weighted by Crippen LogP contribution is 2.35. The van der Waals surface area contributed by atoms with Gasteiger partial charge in [-0.25, -0.2) is 0 Å². The third-order valence-corrected chi connectivity index (χ3v) is 6.03. The maximum atomic E-state index is 13.5. The number of imide groups is 1. The Hall–Kier alpha value is -3.08. The lowest BCUT2D eigenvalue weighted by Crippen LogP contribution is -2.39. The predicted octanol–water partition coefficient (Wildman–Crippen LogP) is 4.73. The molecule has 2 heterocycles. The van der Waals surface area contributed by atoms with E-state index in [0.717, 1.165) is 42.8 Å². The molecule has 2 aromatic carbocycles. The van der Waals surface area contributed by atoms with Crippen LogP contribution in [0.5, 0.6) is 5.75 Å². The van der Waals surface area contributed by atoms with Crippen molar-refractivity contribution in [1.29, 1.82) is 0 Å². The number of hydrogen-bond acceptors (Lipinski definition) is 4. The number of ether oxygens (including phenoxy) is 1. The maximum Gasteiger partial charge on any atom is 0.278 e. The van der Waals surface area contributed by atoms with Crippen molar-refractivity contribution in [2.45, 2.75) is 40.2 Å². The molecule has 0 radical (unpaired) electrons. The highest BCUT2D eigenvalue weighted by atomic mass is 16.5. The second-order valence-electron chi connectivity index (χ2n) is 9.33. The van der Waals surface area contributed by atoms with Gasteiger partial charge in [-0.3, -0.25) is 14.5 Å². The van der Waals surface area contributed by atoms with Crippen molar-refractivity contribution in [3.05, 3.63) is 71.4 Å². The van der Waals surface area contributed by atoms with E-state index in [4.69, 9.17) is 4.74 Å². The fourth-order valence-electron chi connectivity index (χ4n) is 4.40. The third-order valence-electron chi connectivity index (χ3n) is 6.03. The number of piperidine rings is 1. The lowest BCUT2D eigenvalue weighted by atomic mass is 9.97. The lowest BCUT2D eigenvalue weighted by molar-refractivity contribution is -0.138. The zero-order valence-corrected chi connectivity index (χ0v) is 19.2. The Morgan fingerprint density at radius 2 is 1.72 bits per heavy atom. The van der Waals surface area contributed by atoms with Gasteiger partial charge in [0.1, 0.15) is 11.4 Å². The number of carbonyl (C=O) groups excluding carboxylic acids is 2. The van der Waals surface area contributed by atoms with Crippen LogP contribution in [0, 0.1) is 11.8 Å².